The third kappa shape index (κ3) is 5.97. The van der Waals surface area contributed by atoms with Crippen molar-refractivity contribution in [3.05, 3.63) is 163 Å². The molecule has 0 spiro atoms. The van der Waals surface area contributed by atoms with Crippen molar-refractivity contribution in [2.24, 2.45) is 0 Å². The Bertz CT molecular complexity index is 2320. The zero-order valence-corrected chi connectivity index (χ0v) is 26.7. The zero-order chi connectivity index (χ0) is 32.5. The molecule has 8 aromatic rings. The minimum absolute atomic E-state index is 0.617. The maximum atomic E-state index is 5.05. The van der Waals surface area contributed by atoms with Gasteiger partial charge < -0.3 is 0 Å². The number of fused-ring (bicyclic) bond motifs is 1. The first kappa shape index (κ1) is 29.1. The Morgan fingerprint density at radius 2 is 0.688 bits per heavy atom. The molecule has 0 bridgehead atoms. The van der Waals surface area contributed by atoms with Crippen LogP contribution in [0.5, 0.6) is 0 Å². The average molecular weight is 618 g/mol. The molecule has 0 saturated carbocycles. The third-order valence-electron chi connectivity index (χ3n) is 8.43. The molecule has 5 heteroatoms. The summed E-state index contributed by atoms with van der Waals surface area (Å²) in [5.41, 5.74) is 10.0. The first-order valence-electron chi connectivity index (χ1n) is 16.0. The van der Waals surface area contributed by atoms with Crippen molar-refractivity contribution >= 4 is 10.8 Å². The molecule has 8 rings (SSSR count). The van der Waals surface area contributed by atoms with Gasteiger partial charge >= 0.3 is 0 Å². The van der Waals surface area contributed by atoms with Crippen molar-refractivity contribution in [2.75, 3.05) is 0 Å². The van der Waals surface area contributed by atoms with Crippen LogP contribution < -0.4 is 0 Å². The van der Waals surface area contributed by atoms with E-state index in [4.69, 9.17) is 15.0 Å². The molecule has 0 radical (unpaired) electrons. The Morgan fingerprint density at radius 3 is 1.29 bits per heavy atom. The topological polar surface area (TPSA) is 64.5 Å². The third-order valence-corrected chi connectivity index (χ3v) is 8.43. The smallest absolute Gasteiger partial charge is 0.164 e. The molecule has 0 N–H and O–H groups in total. The fourth-order valence-electron chi connectivity index (χ4n) is 6.06. The molecule has 228 valence electrons. The number of aromatic nitrogens is 5. The normalized spacial score (nSPS) is 11.1. The highest BCUT2D eigenvalue weighted by molar-refractivity contribution is 5.89. The molecule has 6 aromatic carbocycles. The van der Waals surface area contributed by atoms with Gasteiger partial charge in [0.15, 0.2) is 23.3 Å². The van der Waals surface area contributed by atoms with Gasteiger partial charge in [-0.15, -0.1) is 0 Å². The van der Waals surface area contributed by atoms with E-state index in [2.05, 4.69) is 94.9 Å². The van der Waals surface area contributed by atoms with Gasteiger partial charge in [0.05, 0.1) is 0 Å². The fraction of sp³-hybridized carbons (Fsp3) is 0.0465. The van der Waals surface area contributed by atoms with E-state index >= 15 is 0 Å². The van der Waals surface area contributed by atoms with E-state index in [-0.39, 0.29) is 0 Å². The van der Waals surface area contributed by atoms with Crippen molar-refractivity contribution < 1.29 is 0 Å². The van der Waals surface area contributed by atoms with Crippen molar-refractivity contribution in [2.45, 2.75) is 13.8 Å². The molecule has 48 heavy (non-hydrogen) atoms. The lowest BCUT2D eigenvalue weighted by Crippen LogP contribution is -2.00. The van der Waals surface area contributed by atoms with Crippen LogP contribution in [0.3, 0.4) is 0 Å². The van der Waals surface area contributed by atoms with Crippen LogP contribution in [-0.4, -0.2) is 24.9 Å². The first-order valence-corrected chi connectivity index (χ1v) is 16.0. The number of aryl methyl sites for hydroxylation is 2. The second-order valence-electron chi connectivity index (χ2n) is 12.0. The highest BCUT2D eigenvalue weighted by atomic mass is 15.0. The standard InChI is InChI=1S/C43H31N5/c1-28-23-29(2)45-40(44-28)34-20-17-31(18-21-34)37-25-38(36-22-19-30-11-9-10-16-35(30)24-36)27-39(26-37)43-47-41(32-12-5-3-6-13-32)46-42(48-43)33-14-7-4-8-15-33/h3-27H,1-2H3. The summed E-state index contributed by atoms with van der Waals surface area (Å²) in [5, 5.41) is 2.40. The summed E-state index contributed by atoms with van der Waals surface area (Å²) in [7, 11) is 0. The van der Waals surface area contributed by atoms with Gasteiger partial charge in [-0.1, -0.05) is 121 Å². The Balaban J connectivity index is 1.31. The van der Waals surface area contributed by atoms with Crippen LogP contribution in [0.25, 0.3) is 78.6 Å². The zero-order valence-electron chi connectivity index (χ0n) is 26.7. The van der Waals surface area contributed by atoms with Gasteiger partial charge in [-0.3, -0.25) is 0 Å². The predicted octanol–water partition coefficient (Wildman–Crippen LogP) is 10.4. The summed E-state index contributed by atoms with van der Waals surface area (Å²) in [6.07, 6.45) is 0. The molecule has 5 nitrogen and oxygen atoms in total. The summed E-state index contributed by atoms with van der Waals surface area (Å²) in [4.78, 5) is 24.4. The second-order valence-corrected chi connectivity index (χ2v) is 12.0. The van der Waals surface area contributed by atoms with Crippen LogP contribution >= 0.6 is 0 Å². The molecule has 0 aliphatic rings. The van der Waals surface area contributed by atoms with Crippen molar-refractivity contribution in [3.63, 3.8) is 0 Å². The molecular weight excluding hydrogens is 587 g/mol. The molecular formula is C43H31N5. The number of hydrogen-bond acceptors (Lipinski definition) is 5. The monoisotopic (exact) mass is 617 g/mol. The summed E-state index contributed by atoms with van der Waals surface area (Å²) in [5.74, 6) is 2.62. The lowest BCUT2D eigenvalue weighted by Gasteiger charge is -2.13. The van der Waals surface area contributed by atoms with Crippen molar-refractivity contribution in [3.8, 4) is 67.8 Å². The van der Waals surface area contributed by atoms with Gasteiger partial charge in [0.2, 0.25) is 0 Å². The van der Waals surface area contributed by atoms with E-state index in [9.17, 15) is 0 Å². The number of benzene rings is 6. The molecule has 2 heterocycles. The predicted molar refractivity (Wildman–Crippen MR) is 195 cm³/mol. The van der Waals surface area contributed by atoms with Crippen LogP contribution in [-0.2, 0) is 0 Å². The molecule has 0 fully saturated rings. The van der Waals surface area contributed by atoms with Gasteiger partial charge in [0.1, 0.15) is 0 Å². The van der Waals surface area contributed by atoms with Crippen LogP contribution in [0.15, 0.2) is 152 Å². The van der Waals surface area contributed by atoms with E-state index in [0.29, 0.717) is 17.5 Å². The van der Waals surface area contributed by atoms with E-state index in [1.807, 2.05) is 80.6 Å². The summed E-state index contributed by atoms with van der Waals surface area (Å²) in [6, 6.07) is 52.3. The average Bonchev–Trinajstić information content (AvgIpc) is 3.14. The van der Waals surface area contributed by atoms with Gasteiger partial charge in [-0.05, 0) is 77.2 Å². The molecule has 0 atom stereocenters. The summed E-state index contributed by atoms with van der Waals surface area (Å²) >= 11 is 0. The van der Waals surface area contributed by atoms with Crippen LogP contribution in [0.1, 0.15) is 11.4 Å². The van der Waals surface area contributed by atoms with Crippen LogP contribution in [0, 0.1) is 13.8 Å². The minimum Gasteiger partial charge on any atom is -0.233 e. The van der Waals surface area contributed by atoms with E-state index < -0.39 is 0 Å². The molecule has 0 aliphatic heterocycles. The molecule has 0 aliphatic carbocycles. The SMILES string of the molecule is Cc1cc(C)nc(-c2ccc(-c3cc(-c4ccc5ccccc5c4)cc(-c4nc(-c5ccccc5)nc(-c5ccccc5)n4)c3)cc2)n1. The van der Waals surface area contributed by atoms with Gasteiger partial charge in [-0.25, -0.2) is 24.9 Å². The quantitative estimate of drug-likeness (QED) is 0.186. The minimum atomic E-state index is 0.617. The van der Waals surface area contributed by atoms with Crippen LogP contribution in [0.4, 0.5) is 0 Å². The van der Waals surface area contributed by atoms with E-state index in [0.717, 1.165) is 61.7 Å². The summed E-state index contributed by atoms with van der Waals surface area (Å²) in [6.45, 7) is 4.00. The van der Waals surface area contributed by atoms with Crippen molar-refractivity contribution in [1.29, 1.82) is 0 Å². The Morgan fingerprint density at radius 1 is 0.271 bits per heavy atom. The van der Waals surface area contributed by atoms with Gasteiger partial charge in [0.25, 0.3) is 0 Å². The largest absolute Gasteiger partial charge is 0.233 e. The highest BCUT2D eigenvalue weighted by Crippen LogP contribution is 2.35. The lowest BCUT2D eigenvalue weighted by atomic mass is 9.94. The molecule has 2 aromatic heterocycles. The fourth-order valence-corrected chi connectivity index (χ4v) is 6.06. The van der Waals surface area contributed by atoms with Crippen molar-refractivity contribution in [1.82, 2.24) is 24.9 Å². The first-order chi connectivity index (χ1) is 23.6. The van der Waals surface area contributed by atoms with Crippen LogP contribution in [0.2, 0.25) is 0 Å². The van der Waals surface area contributed by atoms with Gasteiger partial charge in [-0.2, -0.15) is 0 Å². The van der Waals surface area contributed by atoms with E-state index in [1.54, 1.807) is 0 Å². The Labute approximate surface area is 279 Å². The van der Waals surface area contributed by atoms with E-state index in [1.165, 1.54) is 10.8 Å². The maximum absolute atomic E-state index is 5.05. The Kier molecular flexibility index (Phi) is 7.55. The maximum Gasteiger partial charge on any atom is 0.164 e. The molecule has 0 amide bonds. The van der Waals surface area contributed by atoms with Gasteiger partial charge in [0, 0.05) is 33.6 Å². The lowest BCUT2D eigenvalue weighted by molar-refractivity contribution is 1.06. The molecule has 0 saturated heterocycles. The second kappa shape index (κ2) is 12.5. The highest BCUT2D eigenvalue weighted by Gasteiger charge is 2.15. The number of nitrogens with zero attached hydrogens (tertiary/aromatic N) is 5. The number of hydrogen-bond donors (Lipinski definition) is 0. The molecule has 0 unspecified atom stereocenters. The number of rotatable bonds is 6. The Hall–Kier alpha value is -6.33. The summed E-state index contributed by atoms with van der Waals surface area (Å²) < 4.78 is 0.